The van der Waals surface area contributed by atoms with E-state index in [-0.39, 0.29) is 5.41 Å². The summed E-state index contributed by atoms with van der Waals surface area (Å²) in [6.45, 7) is 9.24. The summed E-state index contributed by atoms with van der Waals surface area (Å²) in [5.74, 6) is 0. The molecule has 0 N–H and O–H groups in total. The lowest BCUT2D eigenvalue weighted by Crippen LogP contribution is -2.18. The summed E-state index contributed by atoms with van der Waals surface area (Å²) in [5.41, 5.74) is 11.5. The van der Waals surface area contributed by atoms with Crippen LogP contribution in [0, 0.1) is 13.8 Å². The third-order valence-electron chi connectivity index (χ3n) is 9.36. The standard InChI is InChI=1S/C41H33N/c1-26-22-23-27(2)36(24-26)42(28-14-6-5-7-15-28)37-25-35-38(33-20-12-10-18-31(33)37)39-32-19-11-8-16-29(32)30-17-9-13-21-34(30)40(39)41(35,3)4/h5-25H,1-4H3. The van der Waals surface area contributed by atoms with E-state index in [1.54, 1.807) is 0 Å². The number of rotatable bonds is 3. The van der Waals surface area contributed by atoms with Gasteiger partial charge in [0, 0.05) is 22.2 Å². The first kappa shape index (κ1) is 24.9. The Bertz CT molecular complexity index is 2190. The average Bonchev–Trinajstić information content (AvgIpc) is 3.27. The number of fused-ring (bicyclic) bond motifs is 10. The topological polar surface area (TPSA) is 3.24 Å². The lowest BCUT2D eigenvalue weighted by Gasteiger charge is -2.31. The van der Waals surface area contributed by atoms with Crippen LogP contribution < -0.4 is 4.90 Å². The monoisotopic (exact) mass is 539 g/mol. The molecule has 0 saturated heterocycles. The summed E-state index contributed by atoms with van der Waals surface area (Å²) in [5, 5.41) is 7.92. The third kappa shape index (κ3) is 3.43. The molecule has 1 nitrogen and oxygen atoms in total. The van der Waals surface area contributed by atoms with Crippen molar-refractivity contribution in [1.29, 1.82) is 0 Å². The number of para-hydroxylation sites is 1. The molecule has 0 aromatic heterocycles. The Labute approximate surface area is 247 Å². The minimum Gasteiger partial charge on any atom is -0.310 e. The number of hydrogen-bond acceptors (Lipinski definition) is 1. The lowest BCUT2D eigenvalue weighted by atomic mass is 9.79. The second kappa shape index (κ2) is 9.06. The number of hydrogen-bond donors (Lipinski definition) is 0. The Hall–Kier alpha value is -4.88. The van der Waals surface area contributed by atoms with Crippen molar-refractivity contribution in [3.05, 3.63) is 150 Å². The van der Waals surface area contributed by atoms with Gasteiger partial charge in [-0.2, -0.15) is 0 Å². The summed E-state index contributed by atoms with van der Waals surface area (Å²) in [4.78, 5) is 2.47. The molecule has 0 atom stereocenters. The summed E-state index contributed by atoms with van der Waals surface area (Å²) in [6, 6.07) is 47.1. The molecule has 0 unspecified atom stereocenters. The highest BCUT2D eigenvalue weighted by Crippen LogP contribution is 2.58. The van der Waals surface area contributed by atoms with Crippen LogP contribution in [-0.2, 0) is 5.41 Å². The minimum atomic E-state index is -0.183. The lowest BCUT2D eigenvalue weighted by molar-refractivity contribution is 0.667. The van der Waals surface area contributed by atoms with E-state index in [2.05, 4.69) is 160 Å². The molecular weight excluding hydrogens is 506 g/mol. The fourth-order valence-corrected chi connectivity index (χ4v) is 7.43. The van der Waals surface area contributed by atoms with E-state index in [1.807, 2.05) is 0 Å². The first-order valence-corrected chi connectivity index (χ1v) is 14.9. The summed E-state index contributed by atoms with van der Waals surface area (Å²) < 4.78 is 0. The molecule has 7 aromatic carbocycles. The highest BCUT2D eigenvalue weighted by atomic mass is 15.1. The summed E-state index contributed by atoms with van der Waals surface area (Å²) in [6.07, 6.45) is 0. The van der Waals surface area contributed by atoms with Gasteiger partial charge in [-0.25, -0.2) is 0 Å². The van der Waals surface area contributed by atoms with Gasteiger partial charge < -0.3 is 4.90 Å². The molecule has 0 aliphatic heterocycles. The fourth-order valence-electron chi connectivity index (χ4n) is 7.43. The maximum Gasteiger partial charge on any atom is 0.0543 e. The first-order chi connectivity index (χ1) is 20.4. The molecule has 0 saturated carbocycles. The molecular formula is C41H33N. The van der Waals surface area contributed by atoms with E-state index < -0.39 is 0 Å². The smallest absolute Gasteiger partial charge is 0.0543 e. The van der Waals surface area contributed by atoms with Crippen molar-refractivity contribution < 1.29 is 0 Å². The molecule has 0 bridgehead atoms. The third-order valence-corrected chi connectivity index (χ3v) is 9.36. The number of aryl methyl sites for hydroxylation is 2. The molecule has 7 aromatic rings. The molecule has 0 fully saturated rings. The number of nitrogens with zero attached hydrogens (tertiary/aromatic N) is 1. The van der Waals surface area contributed by atoms with Gasteiger partial charge in [-0.3, -0.25) is 0 Å². The maximum atomic E-state index is 2.50. The van der Waals surface area contributed by atoms with Gasteiger partial charge in [-0.1, -0.05) is 117 Å². The molecule has 8 rings (SSSR count). The Balaban J connectivity index is 1.54. The van der Waals surface area contributed by atoms with Crippen LogP contribution in [0.25, 0.3) is 43.4 Å². The van der Waals surface area contributed by atoms with Crippen LogP contribution in [0.4, 0.5) is 17.1 Å². The van der Waals surface area contributed by atoms with Crippen LogP contribution in [0.5, 0.6) is 0 Å². The van der Waals surface area contributed by atoms with Crippen molar-refractivity contribution in [2.75, 3.05) is 4.90 Å². The van der Waals surface area contributed by atoms with Crippen LogP contribution in [0.2, 0.25) is 0 Å². The van der Waals surface area contributed by atoms with Gasteiger partial charge in [-0.15, -0.1) is 0 Å². The molecule has 0 radical (unpaired) electrons. The van der Waals surface area contributed by atoms with Crippen molar-refractivity contribution in [2.45, 2.75) is 33.1 Å². The van der Waals surface area contributed by atoms with Crippen molar-refractivity contribution in [1.82, 2.24) is 0 Å². The molecule has 1 aliphatic rings. The van der Waals surface area contributed by atoms with E-state index in [0.29, 0.717) is 0 Å². The first-order valence-electron chi connectivity index (χ1n) is 14.9. The molecule has 1 aliphatic carbocycles. The SMILES string of the molecule is Cc1ccc(C)c(N(c2ccccc2)c2cc3c(c4ccccc24)-c2c(c4ccccc4c4ccccc24)C3(C)C)c1. The van der Waals surface area contributed by atoms with Crippen LogP contribution in [0.1, 0.15) is 36.1 Å². The van der Waals surface area contributed by atoms with Gasteiger partial charge in [0.1, 0.15) is 0 Å². The predicted molar refractivity (Wildman–Crippen MR) is 181 cm³/mol. The van der Waals surface area contributed by atoms with Crippen LogP contribution in [0.3, 0.4) is 0 Å². The van der Waals surface area contributed by atoms with Crippen LogP contribution in [-0.4, -0.2) is 0 Å². The minimum absolute atomic E-state index is 0.183. The Kier molecular flexibility index (Phi) is 5.37. The zero-order valence-corrected chi connectivity index (χ0v) is 24.6. The molecule has 202 valence electrons. The summed E-state index contributed by atoms with van der Waals surface area (Å²) >= 11 is 0. The maximum absolute atomic E-state index is 2.50. The Morgan fingerprint density at radius 2 is 1.02 bits per heavy atom. The van der Waals surface area contributed by atoms with Gasteiger partial charge in [0.05, 0.1) is 5.69 Å². The zero-order chi connectivity index (χ0) is 28.6. The largest absolute Gasteiger partial charge is 0.310 e. The van der Waals surface area contributed by atoms with Crippen molar-refractivity contribution >= 4 is 49.4 Å². The number of benzene rings is 7. The molecule has 42 heavy (non-hydrogen) atoms. The van der Waals surface area contributed by atoms with Crippen LogP contribution >= 0.6 is 0 Å². The Morgan fingerprint density at radius 1 is 0.476 bits per heavy atom. The van der Waals surface area contributed by atoms with Crippen molar-refractivity contribution in [3.63, 3.8) is 0 Å². The van der Waals surface area contributed by atoms with E-state index in [1.165, 1.54) is 82.8 Å². The normalized spacial score (nSPS) is 13.4. The number of anilines is 3. The average molecular weight is 540 g/mol. The fraction of sp³-hybridized carbons (Fsp3) is 0.122. The second-order valence-electron chi connectivity index (χ2n) is 12.3. The second-order valence-corrected chi connectivity index (χ2v) is 12.3. The molecule has 0 heterocycles. The quantitative estimate of drug-likeness (QED) is 0.202. The predicted octanol–water partition coefficient (Wildman–Crippen LogP) is 11.5. The van der Waals surface area contributed by atoms with Gasteiger partial charge in [0.2, 0.25) is 0 Å². The summed E-state index contributed by atoms with van der Waals surface area (Å²) in [7, 11) is 0. The van der Waals surface area contributed by atoms with E-state index >= 15 is 0 Å². The van der Waals surface area contributed by atoms with Gasteiger partial charge in [0.15, 0.2) is 0 Å². The zero-order valence-electron chi connectivity index (χ0n) is 24.6. The highest BCUT2D eigenvalue weighted by molar-refractivity contribution is 6.22. The molecule has 0 spiro atoms. The van der Waals surface area contributed by atoms with Gasteiger partial charge >= 0.3 is 0 Å². The van der Waals surface area contributed by atoms with Crippen LogP contribution in [0.15, 0.2) is 127 Å². The highest BCUT2D eigenvalue weighted by Gasteiger charge is 2.40. The molecule has 0 amide bonds. The van der Waals surface area contributed by atoms with Gasteiger partial charge in [-0.05, 0) is 98.4 Å². The van der Waals surface area contributed by atoms with E-state index in [0.717, 1.165) is 0 Å². The van der Waals surface area contributed by atoms with Crippen molar-refractivity contribution in [3.8, 4) is 11.1 Å². The van der Waals surface area contributed by atoms with E-state index in [4.69, 9.17) is 0 Å². The van der Waals surface area contributed by atoms with E-state index in [9.17, 15) is 0 Å². The molecule has 1 heteroatoms. The van der Waals surface area contributed by atoms with Gasteiger partial charge in [0.25, 0.3) is 0 Å². The Morgan fingerprint density at radius 3 is 1.71 bits per heavy atom. The van der Waals surface area contributed by atoms with Crippen molar-refractivity contribution in [2.24, 2.45) is 0 Å².